The summed E-state index contributed by atoms with van der Waals surface area (Å²) in [4.78, 5) is 0. The molecule has 0 nitrogen and oxygen atoms in total. The quantitative estimate of drug-likeness (QED) is 0.367. The minimum absolute atomic E-state index is 0.106. The van der Waals surface area contributed by atoms with Crippen LogP contribution in [0, 0.1) is 5.82 Å². The fraction of sp³-hybridized carbons (Fsp3) is 0.500. The normalized spacial score (nSPS) is 11.0. The first-order chi connectivity index (χ1) is 12.2. The van der Waals surface area contributed by atoms with Crippen LogP contribution in [0.15, 0.2) is 42.5 Å². The number of hydrogen-bond acceptors (Lipinski definition) is 0. The van der Waals surface area contributed by atoms with E-state index in [0.29, 0.717) is 5.56 Å². The van der Waals surface area contributed by atoms with Gasteiger partial charge in [0, 0.05) is 5.56 Å². The lowest BCUT2D eigenvalue weighted by molar-refractivity contribution is 0.589. The number of unbranched alkanes of at least 4 members (excludes halogenated alkanes) is 6. The highest BCUT2D eigenvalue weighted by Crippen LogP contribution is 2.25. The van der Waals surface area contributed by atoms with Gasteiger partial charge in [-0.05, 0) is 42.0 Å². The fourth-order valence-electron chi connectivity index (χ4n) is 3.37. The van der Waals surface area contributed by atoms with Gasteiger partial charge in [-0.3, -0.25) is 0 Å². The predicted octanol–water partition coefficient (Wildman–Crippen LogP) is 7.74. The van der Waals surface area contributed by atoms with Gasteiger partial charge in [0.1, 0.15) is 5.82 Å². The van der Waals surface area contributed by atoms with Crippen LogP contribution >= 0.6 is 0 Å². The highest BCUT2D eigenvalue weighted by atomic mass is 19.1. The van der Waals surface area contributed by atoms with E-state index in [-0.39, 0.29) is 5.82 Å². The minimum Gasteiger partial charge on any atom is -0.206 e. The van der Waals surface area contributed by atoms with Crippen LogP contribution in [0.3, 0.4) is 0 Å². The molecule has 0 radical (unpaired) electrons. The molecule has 1 heteroatoms. The summed E-state index contributed by atoms with van der Waals surface area (Å²) in [6, 6.07) is 14.1. The predicted molar refractivity (Wildman–Crippen MR) is 108 cm³/mol. The molecule has 25 heavy (non-hydrogen) atoms. The maximum atomic E-state index is 14.3. The summed E-state index contributed by atoms with van der Waals surface area (Å²) in [5.41, 5.74) is 4.13. The van der Waals surface area contributed by atoms with Gasteiger partial charge in [-0.15, -0.1) is 0 Å². The summed E-state index contributed by atoms with van der Waals surface area (Å²) in [6.07, 6.45) is 12.5. The Morgan fingerprint density at radius 3 is 1.92 bits per heavy atom. The molecule has 0 aliphatic heterocycles. The van der Waals surface area contributed by atoms with Crippen molar-refractivity contribution in [3.8, 4) is 11.1 Å². The zero-order valence-electron chi connectivity index (χ0n) is 16.0. The highest BCUT2D eigenvalue weighted by Gasteiger charge is 2.06. The first-order valence-corrected chi connectivity index (χ1v) is 10.1. The standard InChI is InChI=1S/C24H33F/c1-3-5-6-7-8-9-10-12-20-13-16-22(17-14-20)23-18-15-21(11-4-2)19-24(23)25/h13-19H,3-12H2,1-2H3. The van der Waals surface area contributed by atoms with Crippen LogP contribution < -0.4 is 0 Å². The molecule has 2 aromatic rings. The van der Waals surface area contributed by atoms with Crippen molar-refractivity contribution in [1.29, 1.82) is 0 Å². The Morgan fingerprint density at radius 2 is 1.28 bits per heavy atom. The lowest BCUT2D eigenvalue weighted by Gasteiger charge is -2.08. The Bertz CT molecular complexity index is 612. The van der Waals surface area contributed by atoms with Gasteiger partial charge in [-0.1, -0.05) is 95.2 Å². The zero-order valence-corrected chi connectivity index (χ0v) is 16.0. The van der Waals surface area contributed by atoms with Gasteiger partial charge in [-0.2, -0.15) is 0 Å². The summed E-state index contributed by atoms with van der Waals surface area (Å²) in [5.74, 6) is -0.106. The lowest BCUT2D eigenvalue weighted by atomic mass is 9.99. The monoisotopic (exact) mass is 340 g/mol. The highest BCUT2D eigenvalue weighted by molar-refractivity contribution is 5.64. The third-order valence-electron chi connectivity index (χ3n) is 4.91. The molecular weight excluding hydrogens is 307 g/mol. The molecule has 136 valence electrons. The summed E-state index contributed by atoms with van der Waals surface area (Å²) < 4.78 is 14.3. The van der Waals surface area contributed by atoms with Gasteiger partial charge in [-0.25, -0.2) is 4.39 Å². The molecule has 2 aromatic carbocycles. The van der Waals surface area contributed by atoms with Crippen LogP contribution in [0.4, 0.5) is 4.39 Å². The van der Waals surface area contributed by atoms with Crippen LogP contribution in [-0.4, -0.2) is 0 Å². The van der Waals surface area contributed by atoms with Crippen LogP contribution in [0.25, 0.3) is 11.1 Å². The number of halogens is 1. The number of rotatable bonds is 11. The van der Waals surface area contributed by atoms with Gasteiger partial charge >= 0.3 is 0 Å². The van der Waals surface area contributed by atoms with E-state index in [1.54, 1.807) is 6.07 Å². The van der Waals surface area contributed by atoms with Crippen molar-refractivity contribution in [2.75, 3.05) is 0 Å². The van der Waals surface area contributed by atoms with Gasteiger partial charge < -0.3 is 0 Å². The first kappa shape index (κ1) is 19.7. The Morgan fingerprint density at radius 1 is 0.640 bits per heavy atom. The smallest absolute Gasteiger partial charge is 0.131 e. The average Bonchev–Trinajstić information content (AvgIpc) is 2.62. The molecule has 0 saturated heterocycles. The fourth-order valence-corrected chi connectivity index (χ4v) is 3.37. The second kappa shape index (κ2) is 11.1. The van der Waals surface area contributed by atoms with E-state index in [9.17, 15) is 4.39 Å². The largest absolute Gasteiger partial charge is 0.206 e. The first-order valence-electron chi connectivity index (χ1n) is 10.1. The van der Waals surface area contributed by atoms with E-state index in [0.717, 1.165) is 30.4 Å². The van der Waals surface area contributed by atoms with Crippen LogP contribution in [0.2, 0.25) is 0 Å². The summed E-state index contributed by atoms with van der Waals surface area (Å²) in [7, 11) is 0. The van der Waals surface area contributed by atoms with E-state index in [2.05, 4.69) is 38.1 Å². The van der Waals surface area contributed by atoms with E-state index in [1.165, 1.54) is 50.5 Å². The second-order valence-electron chi connectivity index (χ2n) is 7.13. The molecule has 0 aliphatic rings. The average molecular weight is 341 g/mol. The van der Waals surface area contributed by atoms with Crippen molar-refractivity contribution in [2.45, 2.75) is 78.1 Å². The van der Waals surface area contributed by atoms with Crippen LogP contribution in [-0.2, 0) is 12.8 Å². The summed E-state index contributed by atoms with van der Waals surface area (Å²) in [6.45, 7) is 4.38. The van der Waals surface area contributed by atoms with E-state index < -0.39 is 0 Å². The van der Waals surface area contributed by atoms with Crippen molar-refractivity contribution in [3.63, 3.8) is 0 Å². The number of hydrogen-bond donors (Lipinski definition) is 0. The van der Waals surface area contributed by atoms with Crippen LogP contribution in [0.1, 0.15) is 76.3 Å². The molecule has 0 bridgehead atoms. The molecule has 0 heterocycles. The van der Waals surface area contributed by atoms with Crippen molar-refractivity contribution in [2.24, 2.45) is 0 Å². The second-order valence-corrected chi connectivity index (χ2v) is 7.13. The van der Waals surface area contributed by atoms with Crippen molar-refractivity contribution in [1.82, 2.24) is 0 Å². The van der Waals surface area contributed by atoms with Gasteiger partial charge in [0.25, 0.3) is 0 Å². The summed E-state index contributed by atoms with van der Waals surface area (Å²) >= 11 is 0. The Hall–Kier alpha value is -1.63. The maximum Gasteiger partial charge on any atom is 0.131 e. The van der Waals surface area contributed by atoms with Crippen molar-refractivity contribution < 1.29 is 4.39 Å². The van der Waals surface area contributed by atoms with E-state index >= 15 is 0 Å². The Labute approximate surface area is 153 Å². The molecule has 2 rings (SSSR count). The molecule has 0 spiro atoms. The summed E-state index contributed by atoms with van der Waals surface area (Å²) in [5, 5.41) is 0. The number of benzene rings is 2. The molecular formula is C24H33F. The Kier molecular flexibility index (Phi) is 8.72. The molecule has 0 aromatic heterocycles. The minimum atomic E-state index is -0.106. The topological polar surface area (TPSA) is 0 Å². The van der Waals surface area contributed by atoms with Crippen molar-refractivity contribution >= 4 is 0 Å². The molecule has 0 aliphatic carbocycles. The third-order valence-corrected chi connectivity index (χ3v) is 4.91. The van der Waals surface area contributed by atoms with Gasteiger partial charge in [0.05, 0.1) is 0 Å². The molecule has 0 fully saturated rings. The molecule has 0 saturated carbocycles. The molecule has 0 N–H and O–H groups in total. The third kappa shape index (κ3) is 6.65. The van der Waals surface area contributed by atoms with E-state index in [1.807, 2.05) is 12.1 Å². The molecule has 0 unspecified atom stereocenters. The Balaban J connectivity index is 1.83. The van der Waals surface area contributed by atoms with Gasteiger partial charge in [0.15, 0.2) is 0 Å². The van der Waals surface area contributed by atoms with Gasteiger partial charge in [0.2, 0.25) is 0 Å². The lowest BCUT2D eigenvalue weighted by Crippen LogP contribution is -1.91. The maximum absolute atomic E-state index is 14.3. The SMILES string of the molecule is CCCCCCCCCc1ccc(-c2ccc(CCC)cc2F)cc1. The van der Waals surface area contributed by atoms with Crippen LogP contribution in [0.5, 0.6) is 0 Å². The number of aryl methyl sites for hydroxylation is 2. The zero-order chi connectivity index (χ0) is 17.9. The molecule has 0 atom stereocenters. The van der Waals surface area contributed by atoms with E-state index in [4.69, 9.17) is 0 Å². The molecule has 0 amide bonds. The van der Waals surface area contributed by atoms with Crippen molar-refractivity contribution in [3.05, 3.63) is 59.4 Å².